The van der Waals surface area contributed by atoms with Crippen molar-refractivity contribution in [2.24, 2.45) is 0 Å². The molecule has 1 fully saturated rings. The van der Waals surface area contributed by atoms with Crippen LogP contribution in [0.25, 0.3) is 10.6 Å². The van der Waals surface area contributed by atoms with Crippen molar-refractivity contribution in [1.82, 2.24) is 10.3 Å². The number of alkyl carbamates (subject to hydrolysis) is 1. The van der Waals surface area contributed by atoms with E-state index < -0.39 is 11.7 Å². The van der Waals surface area contributed by atoms with Crippen LogP contribution in [0.1, 0.15) is 38.4 Å². The van der Waals surface area contributed by atoms with Crippen LogP contribution in [0.4, 0.5) is 14.2 Å². The molecule has 0 saturated carbocycles. The highest BCUT2D eigenvalue weighted by Crippen LogP contribution is 2.35. The first-order valence-corrected chi connectivity index (χ1v) is 11.7. The van der Waals surface area contributed by atoms with Crippen LogP contribution in [0.3, 0.4) is 0 Å². The molecule has 1 saturated heterocycles. The van der Waals surface area contributed by atoms with Crippen LogP contribution in [0.15, 0.2) is 36.2 Å². The first-order valence-electron chi connectivity index (χ1n) is 10.9. The van der Waals surface area contributed by atoms with Gasteiger partial charge in [0.15, 0.2) is 0 Å². The molecule has 1 aromatic heterocycles. The van der Waals surface area contributed by atoms with Gasteiger partial charge in [-0.15, -0.1) is 0 Å². The van der Waals surface area contributed by atoms with E-state index in [0.717, 1.165) is 48.1 Å². The molecule has 1 amide bonds. The Kier molecular flexibility index (Phi) is 8.26. The zero-order valence-corrected chi connectivity index (χ0v) is 20.1. The highest BCUT2D eigenvalue weighted by atomic mass is 32.1. The first-order chi connectivity index (χ1) is 15.2. The molecule has 32 heavy (non-hydrogen) atoms. The number of aromatic nitrogens is 1. The van der Waals surface area contributed by atoms with Gasteiger partial charge in [0.25, 0.3) is 0 Å². The van der Waals surface area contributed by atoms with Crippen molar-refractivity contribution < 1.29 is 18.7 Å². The molecular weight excluding hydrogens is 429 g/mol. The fourth-order valence-electron chi connectivity index (χ4n) is 3.37. The lowest BCUT2D eigenvalue weighted by Crippen LogP contribution is -2.36. The number of hydrogen-bond donors (Lipinski definition) is 1. The van der Waals surface area contributed by atoms with E-state index in [9.17, 15) is 9.18 Å². The summed E-state index contributed by atoms with van der Waals surface area (Å²) < 4.78 is 23.9. The number of rotatable bonds is 7. The van der Waals surface area contributed by atoms with Crippen LogP contribution in [-0.4, -0.2) is 49.5 Å². The molecular formula is C24H32FN3O3S. The van der Waals surface area contributed by atoms with Crippen LogP contribution >= 0.6 is 11.3 Å². The number of amides is 1. The molecule has 0 bridgehead atoms. The standard InChI is InChI=1S/C24H32FN3O3S/c1-17-22(28-11-13-30-14-12-28)32-21(27-17)20-9-7-18(8-10-20)5-6-19(15-25)16-26-23(29)31-24(2,3)4/h7-10,15H,5-6,11-14,16H2,1-4H3,(H,26,29)/b19-15-. The zero-order valence-electron chi connectivity index (χ0n) is 19.2. The van der Waals surface area contributed by atoms with Crippen LogP contribution < -0.4 is 10.2 Å². The Labute approximate surface area is 193 Å². The number of hydrogen-bond acceptors (Lipinski definition) is 6. The number of aryl methyl sites for hydroxylation is 2. The second-order valence-corrected chi connectivity index (χ2v) is 9.81. The lowest BCUT2D eigenvalue weighted by Gasteiger charge is -2.27. The Hall–Kier alpha value is -2.45. The monoisotopic (exact) mass is 461 g/mol. The predicted octanol–water partition coefficient (Wildman–Crippen LogP) is 5.27. The molecule has 1 aromatic carbocycles. The van der Waals surface area contributed by atoms with E-state index >= 15 is 0 Å². The number of benzene rings is 1. The molecule has 3 rings (SSSR count). The molecule has 0 aliphatic carbocycles. The van der Waals surface area contributed by atoms with Gasteiger partial charge >= 0.3 is 6.09 Å². The normalized spacial score (nSPS) is 15.0. The Morgan fingerprint density at radius 3 is 2.59 bits per heavy atom. The van der Waals surface area contributed by atoms with Crippen LogP contribution in [0.5, 0.6) is 0 Å². The number of ether oxygens (including phenoxy) is 2. The molecule has 8 heteroatoms. The smallest absolute Gasteiger partial charge is 0.407 e. The van der Waals surface area contributed by atoms with Gasteiger partial charge in [-0.3, -0.25) is 0 Å². The quantitative estimate of drug-likeness (QED) is 0.609. The highest BCUT2D eigenvalue weighted by molar-refractivity contribution is 7.19. The van der Waals surface area contributed by atoms with Crippen LogP contribution in [0, 0.1) is 6.92 Å². The van der Waals surface area contributed by atoms with Gasteiger partial charge in [-0.25, -0.2) is 14.2 Å². The molecule has 2 aromatic rings. The molecule has 0 unspecified atom stereocenters. The van der Waals surface area contributed by atoms with Crippen molar-refractivity contribution in [1.29, 1.82) is 0 Å². The minimum atomic E-state index is -0.579. The summed E-state index contributed by atoms with van der Waals surface area (Å²) in [6.07, 6.45) is 1.22. The number of halogens is 1. The second kappa shape index (κ2) is 10.9. The molecule has 2 heterocycles. The molecule has 0 radical (unpaired) electrons. The van der Waals surface area contributed by atoms with Gasteiger partial charge in [0.05, 0.1) is 25.2 Å². The third-order valence-electron chi connectivity index (χ3n) is 5.02. The molecule has 1 aliphatic rings. The van der Waals surface area contributed by atoms with Gasteiger partial charge in [0, 0.05) is 25.2 Å². The van der Waals surface area contributed by atoms with Gasteiger partial charge in [-0.1, -0.05) is 35.6 Å². The van der Waals surface area contributed by atoms with Crippen molar-refractivity contribution in [2.75, 3.05) is 37.7 Å². The lowest BCUT2D eigenvalue weighted by atomic mass is 10.0. The minimum absolute atomic E-state index is 0.131. The molecule has 1 N–H and O–H groups in total. The summed E-state index contributed by atoms with van der Waals surface area (Å²) in [5.74, 6) is 0. The maximum atomic E-state index is 13.3. The van der Waals surface area contributed by atoms with Crippen molar-refractivity contribution in [2.45, 2.75) is 46.1 Å². The van der Waals surface area contributed by atoms with Crippen molar-refractivity contribution in [3.05, 3.63) is 47.4 Å². The van der Waals surface area contributed by atoms with Crippen molar-refractivity contribution in [3.8, 4) is 10.6 Å². The van der Waals surface area contributed by atoms with E-state index in [2.05, 4.69) is 41.4 Å². The average Bonchev–Trinajstić information content (AvgIpc) is 3.15. The number of nitrogens with zero attached hydrogens (tertiary/aromatic N) is 2. The van der Waals surface area contributed by atoms with E-state index in [0.29, 0.717) is 24.7 Å². The van der Waals surface area contributed by atoms with E-state index in [1.54, 1.807) is 32.1 Å². The fraction of sp³-hybridized carbons (Fsp3) is 0.500. The topological polar surface area (TPSA) is 63.7 Å². The summed E-state index contributed by atoms with van der Waals surface area (Å²) in [5, 5.41) is 4.82. The summed E-state index contributed by atoms with van der Waals surface area (Å²) in [6, 6.07) is 8.23. The Morgan fingerprint density at radius 2 is 1.97 bits per heavy atom. The number of carbonyl (C=O) groups is 1. The largest absolute Gasteiger partial charge is 0.444 e. The third-order valence-corrected chi connectivity index (χ3v) is 6.29. The maximum absolute atomic E-state index is 13.3. The zero-order chi connectivity index (χ0) is 23.1. The summed E-state index contributed by atoms with van der Waals surface area (Å²) in [7, 11) is 0. The molecule has 0 spiro atoms. The summed E-state index contributed by atoms with van der Waals surface area (Å²) >= 11 is 1.71. The number of thiazole rings is 1. The lowest BCUT2D eigenvalue weighted by molar-refractivity contribution is 0.0532. The molecule has 6 nitrogen and oxygen atoms in total. The van der Waals surface area contributed by atoms with Crippen molar-refractivity contribution >= 4 is 22.4 Å². The van der Waals surface area contributed by atoms with Crippen LogP contribution in [-0.2, 0) is 15.9 Å². The van der Waals surface area contributed by atoms with E-state index in [4.69, 9.17) is 14.5 Å². The van der Waals surface area contributed by atoms with E-state index in [1.165, 1.54) is 5.00 Å². The van der Waals surface area contributed by atoms with Gasteiger partial charge < -0.3 is 19.7 Å². The summed E-state index contributed by atoms with van der Waals surface area (Å²) in [5.41, 5.74) is 3.17. The van der Waals surface area contributed by atoms with Crippen molar-refractivity contribution in [3.63, 3.8) is 0 Å². The Bertz CT molecular complexity index is 929. The summed E-state index contributed by atoms with van der Waals surface area (Å²) in [4.78, 5) is 18.9. The average molecular weight is 462 g/mol. The first kappa shape index (κ1) is 24.2. The van der Waals surface area contributed by atoms with Gasteiger partial charge in [0.2, 0.25) is 0 Å². The Balaban J connectivity index is 1.54. The van der Waals surface area contributed by atoms with Gasteiger partial charge in [-0.05, 0) is 51.7 Å². The van der Waals surface area contributed by atoms with Gasteiger partial charge in [0.1, 0.15) is 15.6 Å². The third kappa shape index (κ3) is 7.03. The number of carbonyl (C=O) groups excluding carboxylic acids is 1. The van der Waals surface area contributed by atoms with Crippen LogP contribution in [0.2, 0.25) is 0 Å². The molecule has 174 valence electrons. The summed E-state index contributed by atoms with van der Waals surface area (Å²) in [6.45, 7) is 10.9. The number of morpholine rings is 1. The minimum Gasteiger partial charge on any atom is -0.444 e. The number of nitrogens with one attached hydrogen (secondary N) is 1. The maximum Gasteiger partial charge on any atom is 0.407 e. The predicted molar refractivity (Wildman–Crippen MR) is 127 cm³/mol. The fourth-order valence-corrected chi connectivity index (χ4v) is 4.50. The highest BCUT2D eigenvalue weighted by Gasteiger charge is 2.18. The van der Waals surface area contributed by atoms with E-state index in [-0.39, 0.29) is 6.54 Å². The molecule has 0 atom stereocenters. The number of anilines is 1. The molecule has 1 aliphatic heterocycles. The Morgan fingerprint density at radius 1 is 1.28 bits per heavy atom. The van der Waals surface area contributed by atoms with Gasteiger partial charge in [-0.2, -0.15) is 0 Å². The van der Waals surface area contributed by atoms with E-state index in [1.807, 2.05) is 0 Å². The second-order valence-electron chi connectivity index (χ2n) is 8.83. The SMILES string of the molecule is Cc1nc(-c2ccc(CC/C(=C/F)CNC(=O)OC(C)(C)C)cc2)sc1N1CCOCC1.